The van der Waals surface area contributed by atoms with Crippen molar-refractivity contribution in [2.75, 3.05) is 24.7 Å². The number of aliphatic imine (C=N–C) groups is 6. The summed E-state index contributed by atoms with van der Waals surface area (Å²) in [5, 5.41) is 6.52. The van der Waals surface area contributed by atoms with E-state index in [0.29, 0.717) is 0 Å². The molecule has 8 nitrogen and oxygen atoms in total. The minimum absolute atomic E-state index is 0.886. The normalized spacial score (nSPS) is 13.7. The molecule has 0 bridgehead atoms. The van der Waals surface area contributed by atoms with E-state index in [0.717, 1.165) is 79.8 Å². The Labute approximate surface area is 352 Å². The molecule has 3 aliphatic rings. The van der Waals surface area contributed by atoms with Crippen LogP contribution in [0.2, 0.25) is 0 Å². The van der Waals surface area contributed by atoms with Gasteiger partial charge >= 0.3 is 0 Å². The topological polar surface area (TPSA) is 98.2 Å². The number of nitrogens with one attached hydrogen (secondary N) is 2. The van der Waals surface area contributed by atoms with E-state index >= 15 is 0 Å². The molecule has 8 rings (SSSR count). The Morgan fingerprint density at radius 1 is 0.300 bits per heavy atom. The third kappa shape index (κ3) is 12.1. The molecule has 0 atom stereocenters. The van der Waals surface area contributed by atoms with Gasteiger partial charge in [0.15, 0.2) is 0 Å². The van der Waals surface area contributed by atoms with Gasteiger partial charge in [0.1, 0.15) is 0 Å². The first-order valence-electron chi connectivity index (χ1n) is 19.7. The minimum Gasteiger partial charge on any atom is -0.388 e. The number of nitrogens with zero attached hydrogens (tertiary/aromatic N) is 6. The second kappa shape index (κ2) is 20.0. The second-order valence-corrected chi connectivity index (χ2v) is 14.0. The highest BCUT2D eigenvalue weighted by Gasteiger charge is 2.04. The van der Waals surface area contributed by atoms with Crippen molar-refractivity contribution in [1.82, 2.24) is 0 Å². The van der Waals surface area contributed by atoms with Gasteiger partial charge in [0.05, 0.1) is 62.7 Å². The van der Waals surface area contributed by atoms with Crippen LogP contribution in [0.1, 0.15) is 11.1 Å². The molecule has 0 fully saturated rings. The Hall–Kier alpha value is -7.84. The van der Waals surface area contributed by atoms with Crippen LogP contribution >= 0.6 is 0 Å². The molecule has 5 aromatic rings. The number of anilines is 3. The van der Waals surface area contributed by atoms with Crippen molar-refractivity contribution in [1.29, 1.82) is 0 Å². The molecule has 60 heavy (non-hydrogen) atoms. The third-order valence-corrected chi connectivity index (χ3v) is 9.35. The highest BCUT2D eigenvalue weighted by molar-refractivity contribution is 6.21. The molecule has 0 saturated heterocycles. The maximum atomic E-state index is 4.69. The highest BCUT2D eigenvalue weighted by atomic mass is 14.9. The first-order valence-corrected chi connectivity index (χ1v) is 19.7. The van der Waals surface area contributed by atoms with Crippen LogP contribution < -0.4 is 10.6 Å². The lowest BCUT2D eigenvalue weighted by atomic mass is 10.1. The van der Waals surface area contributed by atoms with Crippen LogP contribution in [-0.2, 0) is 0 Å². The fraction of sp³-hybridized carbons (Fsp3) is 0.0769. The van der Waals surface area contributed by atoms with Crippen LogP contribution in [0, 0.1) is 13.8 Å². The maximum absolute atomic E-state index is 4.69. The second-order valence-electron chi connectivity index (χ2n) is 14.0. The average Bonchev–Trinajstić information content (AvgIpc) is 3.29. The van der Waals surface area contributed by atoms with Gasteiger partial charge in [0.2, 0.25) is 0 Å². The van der Waals surface area contributed by atoms with Crippen LogP contribution in [0.3, 0.4) is 0 Å². The predicted octanol–water partition coefficient (Wildman–Crippen LogP) is 13.0. The molecule has 5 aromatic carbocycles. The summed E-state index contributed by atoms with van der Waals surface area (Å²) in [4.78, 5) is 27.4. The number of rotatable bonds is 8. The molecule has 0 radical (unpaired) electrons. The molecular formula is C52H46N8. The lowest BCUT2D eigenvalue weighted by Crippen LogP contribution is -1.99. The van der Waals surface area contributed by atoms with Crippen LogP contribution in [0.15, 0.2) is 224 Å². The molecule has 0 spiro atoms. The zero-order chi connectivity index (χ0) is 41.5. The first kappa shape index (κ1) is 40.4. The van der Waals surface area contributed by atoms with Gasteiger partial charge in [-0.25, -0.2) is 25.0 Å². The summed E-state index contributed by atoms with van der Waals surface area (Å²) in [6.07, 6.45) is 23.7. The van der Waals surface area contributed by atoms with Crippen LogP contribution in [0.5, 0.6) is 0 Å². The van der Waals surface area contributed by atoms with Crippen molar-refractivity contribution in [2.24, 2.45) is 30.0 Å². The van der Waals surface area contributed by atoms with Gasteiger partial charge in [-0.1, -0.05) is 35.4 Å². The van der Waals surface area contributed by atoms with Crippen molar-refractivity contribution in [2.45, 2.75) is 13.8 Å². The van der Waals surface area contributed by atoms with Crippen molar-refractivity contribution < 1.29 is 0 Å². The summed E-state index contributed by atoms with van der Waals surface area (Å²) in [7, 11) is 3.69. The molecule has 0 aliphatic heterocycles. The smallest absolute Gasteiger partial charge is 0.0638 e. The number of hydrogen-bond donors (Lipinski definition) is 2. The average molecular weight is 783 g/mol. The van der Waals surface area contributed by atoms with E-state index in [9.17, 15) is 0 Å². The van der Waals surface area contributed by atoms with Gasteiger partial charge in [-0.15, -0.1) is 0 Å². The quantitative estimate of drug-likeness (QED) is 0.153. The van der Waals surface area contributed by atoms with E-state index in [1.807, 2.05) is 177 Å². The maximum Gasteiger partial charge on any atom is 0.0638 e. The highest BCUT2D eigenvalue weighted by Crippen LogP contribution is 2.24. The third-order valence-electron chi connectivity index (χ3n) is 9.35. The number of allylic oxidation sites excluding steroid dienone is 12. The molecule has 8 heteroatoms. The lowest BCUT2D eigenvalue weighted by Gasteiger charge is -2.08. The standard InChI is InChI=1S/C26H24N4.C26H22N4/c2*1-19-3-5-21(6-4-19)28-23-11-13-25(14-12-23)30-26-17-15-24(16-18-26)29-22-9-7-20(27-2)8-10-22/h3-18,27,29H,1-2H3;3-18H,1-2H3. The van der Waals surface area contributed by atoms with Gasteiger partial charge < -0.3 is 10.6 Å². The Balaban J connectivity index is 0.000000181. The Morgan fingerprint density at radius 3 is 0.817 bits per heavy atom. The molecule has 0 unspecified atom stereocenters. The van der Waals surface area contributed by atoms with Crippen molar-refractivity contribution in [3.63, 3.8) is 0 Å². The summed E-state index contributed by atoms with van der Waals surface area (Å²) in [6.45, 7) is 4.14. The molecule has 2 N–H and O–H groups in total. The summed E-state index contributed by atoms with van der Waals surface area (Å²) >= 11 is 0. The summed E-state index contributed by atoms with van der Waals surface area (Å²) < 4.78 is 0. The Kier molecular flexibility index (Phi) is 13.5. The number of benzene rings is 5. The number of aryl methyl sites for hydroxylation is 2. The molecule has 0 saturated carbocycles. The molecule has 294 valence electrons. The summed E-state index contributed by atoms with van der Waals surface area (Å²) in [6, 6.07) is 40.5. The molecule has 0 heterocycles. The monoisotopic (exact) mass is 782 g/mol. The minimum atomic E-state index is 0.886. The summed E-state index contributed by atoms with van der Waals surface area (Å²) in [5.41, 5.74) is 15.7. The lowest BCUT2D eigenvalue weighted by molar-refractivity contribution is 1.43. The van der Waals surface area contributed by atoms with Crippen molar-refractivity contribution >= 4 is 79.8 Å². The largest absolute Gasteiger partial charge is 0.388 e. The Morgan fingerprint density at radius 2 is 0.533 bits per heavy atom. The predicted molar refractivity (Wildman–Crippen MR) is 258 cm³/mol. The fourth-order valence-corrected chi connectivity index (χ4v) is 5.97. The van der Waals surface area contributed by atoms with Gasteiger partial charge in [0, 0.05) is 31.2 Å². The first-order chi connectivity index (χ1) is 29.3. The zero-order valence-corrected chi connectivity index (χ0v) is 34.2. The summed E-state index contributed by atoms with van der Waals surface area (Å²) in [5.74, 6) is 0. The SMILES string of the molecule is CN=C1C=CC(=Nc2ccc(N=C3C=CC(=Nc4ccc(C)cc4)C=C3)cc2)C=C1.CNc1ccc(Nc2ccc(N=C3C=CC(=Nc4ccc(C)cc4)C=C3)cc2)cc1. The number of hydrogen-bond acceptors (Lipinski definition) is 8. The van der Waals surface area contributed by atoms with Gasteiger partial charge in [-0.05, 0) is 184 Å². The fourth-order valence-electron chi connectivity index (χ4n) is 5.97. The van der Waals surface area contributed by atoms with Crippen LogP contribution in [0.25, 0.3) is 0 Å². The van der Waals surface area contributed by atoms with E-state index < -0.39 is 0 Å². The molecular weight excluding hydrogens is 737 g/mol. The van der Waals surface area contributed by atoms with E-state index in [2.05, 4.69) is 73.7 Å². The van der Waals surface area contributed by atoms with Crippen LogP contribution in [0.4, 0.5) is 45.5 Å². The van der Waals surface area contributed by atoms with E-state index in [-0.39, 0.29) is 0 Å². The van der Waals surface area contributed by atoms with Crippen molar-refractivity contribution in [3.05, 3.63) is 205 Å². The van der Waals surface area contributed by atoms with Gasteiger partial charge in [-0.2, -0.15) is 0 Å². The zero-order valence-electron chi connectivity index (χ0n) is 34.2. The van der Waals surface area contributed by atoms with E-state index in [4.69, 9.17) is 4.99 Å². The van der Waals surface area contributed by atoms with E-state index in [1.54, 1.807) is 7.05 Å². The van der Waals surface area contributed by atoms with Gasteiger partial charge in [0.25, 0.3) is 0 Å². The van der Waals surface area contributed by atoms with Crippen molar-refractivity contribution in [3.8, 4) is 0 Å². The molecule has 3 aliphatic carbocycles. The van der Waals surface area contributed by atoms with E-state index in [1.165, 1.54) is 11.1 Å². The van der Waals surface area contributed by atoms with Gasteiger partial charge in [-0.3, -0.25) is 4.99 Å². The molecule has 0 amide bonds. The van der Waals surface area contributed by atoms with Crippen LogP contribution in [-0.4, -0.2) is 48.4 Å². The Bertz CT molecular complexity index is 2610. The molecule has 0 aromatic heterocycles.